The summed E-state index contributed by atoms with van der Waals surface area (Å²) in [5.41, 5.74) is 3.77. The molecule has 0 aliphatic carbocycles. The fourth-order valence-corrected chi connectivity index (χ4v) is 1.45. The molecule has 0 atom stereocenters. The van der Waals surface area contributed by atoms with Crippen LogP contribution in [0.25, 0.3) is 0 Å². The van der Waals surface area contributed by atoms with Gasteiger partial charge in [-0.15, -0.1) is 0 Å². The molecule has 0 unspecified atom stereocenters. The van der Waals surface area contributed by atoms with Crippen molar-refractivity contribution in [2.24, 2.45) is 0 Å². The molecule has 1 N–H and O–H groups in total. The molecule has 2 rings (SSSR count). The lowest BCUT2D eigenvalue weighted by atomic mass is 9.99. The standard InChI is InChI=1S/C8H11BN2/c9-8-2-1-6-5-10-4-3-7(6)11-8/h1-2,10H,3-5,9H2. The van der Waals surface area contributed by atoms with Crippen molar-refractivity contribution in [1.82, 2.24) is 10.3 Å². The molecule has 0 fully saturated rings. The highest BCUT2D eigenvalue weighted by Crippen LogP contribution is 2.07. The van der Waals surface area contributed by atoms with E-state index in [0.29, 0.717) is 0 Å². The number of nitrogens with one attached hydrogen (secondary N) is 1. The Bertz CT molecular complexity index is 273. The van der Waals surface area contributed by atoms with E-state index in [1.165, 1.54) is 11.3 Å². The van der Waals surface area contributed by atoms with Crippen molar-refractivity contribution in [3.8, 4) is 0 Å². The lowest BCUT2D eigenvalue weighted by Gasteiger charge is -2.15. The predicted molar refractivity (Wildman–Crippen MR) is 47.8 cm³/mol. The van der Waals surface area contributed by atoms with Crippen molar-refractivity contribution in [3.05, 3.63) is 23.4 Å². The third kappa shape index (κ3) is 1.28. The van der Waals surface area contributed by atoms with Gasteiger partial charge in [-0.2, -0.15) is 0 Å². The maximum atomic E-state index is 4.47. The molecule has 3 heteroatoms. The van der Waals surface area contributed by atoms with E-state index in [1.807, 2.05) is 7.85 Å². The molecule has 0 radical (unpaired) electrons. The average Bonchev–Trinajstić information content (AvgIpc) is 2.04. The van der Waals surface area contributed by atoms with Crippen LogP contribution in [0.4, 0.5) is 0 Å². The van der Waals surface area contributed by atoms with Crippen LogP contribution in [-0.2, 0) is 13.0 Å². The quantitative estimate of drug-likeness (QED) is 0.474. The van der Waals surface area contributed by atoms with Crippen LogP contribution in [0.15, 0.2) is 12.1 Å². The van der Waals surface area contributed by atoms with E-state index >= 15 is 0 Å². The Labute approximate surface area is 67.4 Å². The second-order valence-electron chi connectivity index (χ2n) is 2.99. The van der Waals surface area contributed by atoms with Crippen LogP contribution >= 0.6 is 0 Å². The molecule has 2 heterocycles. The van der Waals surface area contributed by atoms with Gasteiger partial charge in [0, 0.05) is 25.2 Å². The SMILES string of the molecule is Bc1ccc2c(n1)CCNC2. The van der Waals surface area contributed by atoms with Gasteiger partial charge >= 0.3 is 0 Å². The van der Waals surface area contributed by atoms with Crippen LogP contribution in [0.3, 0.4) is 0 Å². The van der Waals surface area contributed by atoms with Crippen LogP contribution in [0.2, 0.25) is 0 Å². The molecule has 56 valence electrons. The first kappa shape index (κ1) is 6.86. The molecule has 0 aromatic carbocycles. The molecule has 1 aromatic heterocycles. The van der Waals surface area contributed by atoms with E-state index in [0.717, 1.165) is 25.1 Å². The molecular formula is C8H11BN2. The summed E-state index contributed by atoms with van der Waals surface area (Å²) in [6.45, 7) is 2.06. The third-order valence-corrected chi connectivity index (χ3v) is 2.06. The average molecular weight is 146 g/mol. The largest absolute Gasteiger partial charge is 0.312 e. The second kappa shape index (κ2) is 2.66. The van der Waals surface area contributed by atoms with Crippen LogP contribution in [0, 0.1) is 0 Å². The van der Waals surface area contributed by atoms with Gasteiger partial charge in [0.25, 0.3) is 0 Å². The van der Waals surface area contributed by atoms with Gasteiger partial charge in [-0.05, 0) is 11.2 Å². The summed E-state index contributed by atoms with van der Waals surface area (Å²) >= 11 is 0. The van der Waals surface area contributed by atoms with Crippen LogP contribution in [0.1, 0.15) is 11.3 Å². The molecule has 0 spiro atoms. The lowest BCUT2D eigenvalue weighted by Crippen LogP contribution is -2.26. The number of fused-ring (bicyclic) bond motifs is 1. The highest BCUT2D eigenvalue weighted by atomic mass is 14.9. The Morgan fingerprint density at radius 2 is 2.36 bits per heavy atom. The summed E-state index contributed by atoms with van der Waals surface area (Å²) in [5, 5.41) is 3.32. The van der Waals surface area contributed by atoms with Crippen molar-refractivity contribution in [1.29, 1.82) is 0 Å². The molecule has 0 amide bonds. The lowest BCUT2D eigenvalue weighted by molar-refractivity contribution is 0.632. The van der Waals surface area contributed by atoms with Gasteiger partial charge in [0.15, 0.2) is 7.85 Å². The number of pyridine rings is 1. The molecular weight excluding hydrogens is 135 g/mol. The molecule has 11 heavy (non-hydrogen) atoms. The summed E-state index contributed by atoms with van der Waals surface area (Å²) in [4.78, 5) is 4.47. The Morgan fingerprint density at radius 3 is 3.27 bits per heavy atom. The van der Waals surface area contributed by atoms with Crippen LogP contribution in [0.5, 0.6) is 0 Å². The molecule has 0 bridgehead atoms. The van der Waals surface area contributed by atoms with E-state index in [1.54, 1.807) is 0 Å². The maximum Gasteiger partial charge on any atom is 0.163 e. The minimum absolute atomic E-state index is 0.989. The van der Waals surface area contributed by atoms with Crippen molar-refractivity contribution in [3.63, 3.8) is 0 Å². The van der Waals surface area contributed by atoms with Gasteiger partial charge in [-0.1, -0.05) is 12.1 Å². The Morgan fingerprint density at radius 1 is 1.45 bits per heavy atom. The predicted octanol–water partition coefficient (Wildman–Crippen LogP) is -1.01. The van der Waals surface area contributed by atoms with E-state index in [-0.39, 0.29) is 0 Å². The summed E-state index contributed by atoms with van der Waals surface area (Å²) in [7, 11) is 2.04. The number of hydrogen-bond donors (Lipinski definition) is 1. The molecule has 2 nitrogen and oxygen atoms in total. The highest BCUT2D eigenvalue weighted by molar-refractivity contribution is 6.30. The summed E-state index contributed by atoms with van der Waals surface area (Å²) in [6, 6.07) is 4.25. The number of rotatable bonds is 0. The first-order chi connectivity index (χ1) is 5.36. The van der Waals surface area contributed by atoms with E-state index in [4.69, 9.17) is 0 Å². The minimum atomic E-state index is 0.989. The zero-order valence-corrected chi connectivity index (χ0v) is 6.72. The third-order valence-electron chi connectivity index (χ3n) is 2.06. The van der Waals surface area contributed by atoms with Crippen molar-refractivity contribution < 1.29 is 0 Å². The summed E-state index contributed by atoms with van der Waals surface area (Å²) < 4.78 is 0. The fraction of sp³-hybridized carbons (Fsp3) is 0.375. The van der Waals surface area contributed by atoms with Crippen molar-refractivity contribution in [2.45, 2.75) is 13.0 Å². The zero-order valence-electron chi connectivity index (χ0n) is 6.72. The van der Waals surface area contributed by atoms with Crippen molar-refractivity contribution >= 4 is 13.4 Å². The molecule has 1 aliphatic heterocycles. The van der Waals surface area contributed by atoms with E-state index in [2.05, 4.69) is 22.4 Å². The van der Waals surface area contributed by atoms with Gasteiger partial charge in [-0.25, -0.2) is 0 Å². The number of hydrogen-bond acceptors (Lipinski definition) is 2. The Kier molecular flexibility index (Phi) is 1.66. The molecule has 1 aromatic rings. The minimum Gasteiger partial charge on any atom is -0.312 e. The van der Waals surface area contributed by atoms with Crippen LogP contribution in [-0.4, -0.2) is 19.4 Å². The highest BCUT2D eigenvalue weighted by Gasteiger charge is 2.08. The van der Waals surface area contributed by atoms with Crippen molar-refractivity contribution in [2.75, 3.05) is 6.54 Å². The summed E-state index contributed by atoms with van der Waals surface area (Å²) in [5.74, 6) is 0. The number of nitrogens with zero attached hydrogens (tertiary/aromatic N) is 1. The first-order valence-electron chi connectivity index (χ1n) is 4.02. The van der Waals surface area contributed by atoms with E-state index in [9.17, 15) is 0 Å². The van der Waals surface area contributed by atoms with Gasteiger partial charge < -0.3 is 5.32 Å². The topological polar surface area (TPSA) is 24.9 Å². The monoisotopic (exact) mass is 146 g/mol. The molecule has 0 saturated heterocycles. The smallest absolute Gasteiger partial charge is 0.163 e. The zero-order chi connectivity index (χ0) is 7.68. The summed E-state index contributed by atoms with van der Waals surface area (Å²) in [6.07, 6.45) is 1.08. The van der Waals surface area contributed by atoms with Crippen LogP contribution < -0.4 is 10.9 Å². The van der Waals surface area contributed by atoms with Gasteiger partial charge in [0.05, 0.1) is 0 Å². The maximum absolute atomic E-state index is 4.47. The van der Waals surface area contributed by atoms with Gasteiger partial charge in [-0.3, -0.25) is 4.98 Å². The Hall–Kier alpha value is -0.825. The second-order valence-corrected chi connectivity index (χ2v) is 2.99. The molecule has 0 saturated carbocycles. The van der Waals surface area contributed by atoms with Gasteiger partial charge in [0.1, 0.15) is 0 Å². The fourth-order valence-electron chi connectivity index (χ4n) is 1.45. The normalized spacial score (nSPS) is 16.0. The van der Waals surface area contributed by atoms with Gasteiger partial charge in [0.2, 0.25) is 0 Å². The van der Waals surface area contributed by atoms with E-state index < -0.39 is 0 Å². The Balaban J connectivity index is 2.43. The first-order valence-corrected chi connectivity index (χ1v) is 4.02. The molecule has 1 aliphatic rings. The number of aromatic nitrogens is 1.